The smallest absolute Gasteiger partial charge is 0.416 e. The van der Waals surface area contributed by atoms with Crippen molar-refractivity contribution in [2.45, 2.75) is 6.18 Å². The molecule has 3 aromatic rings. The summed E-state index contributed by atoms with van der Waals surface area (Å²) in [4.78, 5) is 22.6. The lowest BCUT2D eigenvalue weighted by atomic mass is 10.1. The summed E-state index contributed by atoms with van der Waals surface area (Å²) in [5.74, 6) is -0.544. The van der Waals surface area contributed by atoms with Gasteiger partial charge in [0.15, 0.2) is 0 Å². The Morgan fingerprint density at radius 1 is 1.13 bits per heavy atom. The van der Waals surface area contributed by atoms with Gasteiger partial charge in [0.25, 0.3) is 11.6 Å². The van der Waals surface area contributed by atoms with Crippen molar-refractivity contribution in [1.29, 1.82) is 5.26 Å². The topological polar surface area (TPSA) is 109 Å². The maximum atomic E-state index is 12.8. The molecule has 3 rings (SSSR count). The minimum absolute atomic E-state index is 0.109. The van der Waals surface area contributed by atoms with Gasteiger partial charge in [0.05, 0.1) is 10.5 Å². The van der Waals surface area contributed by atoms with E-state index in [1.54, 1.807) is 12.1 Å². The number of carbonyl (C=O) groups is 1. The fourth-order valence-corrected chi connectivity index (χ4v) is 2.62. The van der Waals surface area contributed by atoms with Crippen LogP contribution in [0.25, 0.3) is 17.4 Å². The van der Waals surface area contributed by atoms with E-state index < -0.39 is 28.1 Å². The highest BCUT2D eigenvalue weighted by Crippen LogP contribution is 2.31. The monoisotopic (exact) mass is 427 g/mol. The first kappa shape index (κ1) is 21.3. The predicted octanol–water partition coefficient (Wildman–Crippen LogP) is 5.42. The fraction of sp³-hybridized carbons (Fsp3) is 0.0476. The molecule has 0 unspecified atom stereocenters. The maximum Gasteiger partial charge on any atom is 0.416 e. The third kappa shape index (κ3) is 5.16. The van der Waals surface area contributed by atoms with Gasteiger partial charge < -0.3 is 9.73 Å². The average molecular weight is 427 g/mol. The number of halogens is 3. The molecule has 0 spiro atoms. The summed E-state index contributed by atoms with van der Waals surface area (Å²) in [7, 11) is 0. The molecule has 1 N–H and O–H groups in total. The SMILES string of the molecule is N#CC(=Cc1ccc(-c2cccc([N+](=O)[O-])c2)o1)C(=O)Nc1cccc(C(F)(F)F)c1. The van der Waals surface area contributed by atoms with E-state index in [-0.39, 0.29) is 22.9 Å². The molecule has 156 valence electrons. The Kier molecular flexibility index (Phi) is 5.88. The van der Waals surface area contributed by atoms with Gasteiger partial charge in [-0.3, -0.25) is 14.9 Å². The molecule has 0 fully saturated rings. The van der Waals surface area contributed by atoms with Crippen LogP contribution in [0.2, 0.25) is 0 Å². The van der Waals surface area contributed by atoms with Crippen LogP contribution in [0.4, 0.5) is 24.5 Å². The van der Waals surface area contributed by atoms with Crippen LogP contribution in [0.5, 0.6) is 0 Å². The van der Waals surface area contributed by atoms with Gasteiger partial charge in [0.2, 0.25) is 0 Å². The van der Waals surface area contributed by atoms with Crippen molar-refractivity contribution >= 4 is 23.4 Å². The Bertz CT molecular complexity index is 1220. The lowest BCUT2D eigenvalue weighted by Gasteiger charge is -2.09. The Hall–Kier alpha value is -4.39. The number of hydrogen-bond acceptors (Lipinski definition) is 5. The van der Waals surface area contributed by atoms with Crippen molar-refractivity contribution < 1.29 is 27.3 Å². The first-order valence-electron chi connectivity index (χ1n) is 8.62. The Labute approximate surface area is 173 Å². The largest absolute Gasteiger partial charge is 0.457 e. The number of furan rings is 1. The third-order valence-corrected chi connectivity index (χ3v) is 4.07. The minimum Gasteiger partial charge on any atom is -0.457 e. The number of nitrogens with one attached hydrogen (secondary N) is 1. The number of nitrogens with zero attached hydrogens (tertiary/aromatic N) is 2. The number of amides is 1. The molecule has 1 aromatic heterocycles. The van der Waals surface area contributed by atoms with E-state index >= 15 is 0 Å². The molecule has 1 heterocycles. The summed E-state index contributed by atoms with van der Waals surface area (Å²) in [5.41, 5.74) is -1.19. The van der Waals surface area contributed by atoms with Crippen LogP contribution in [-0.4, -0.2) is 10.8 Å². The van der Waals surface area contributed by atoms with E-state index in [4.69, 9.17) is 4.42 Å². The molecule has 10 heteroatoms. The standard InChI is InChI=1S/C21H12F3N3O4/c22-21(23,24)15-4-2-5-16(11-15)26-20(28)14(12-25)10-18-7-8-19(31-18)13-3-1-6-17(9-13)27(29)30/h1-11H,(H,26,28). The maximum absolute atomic E-state index is 12.8. The number of nitro groups is 1. The summed E-state index contributed by atoms with van der Waals surface area (Å²) in [5, 5.41) is 22.4. The van der Waals surface area contributed by atoms with Crippen molar-refractivity contribution in [3.63, 3.8) is 0 Å². The molecule has 0 saturated carbocycles. The number of benzene rings is 2. The highest BCUT2D eigenvalue weighted by Gasteiger charge is 2.30. The van der Waals surface area contributed by atoms with Gasteiger partial charge >= 0.3 is 6.18 Å². The third-order valence-electron chi connectivity index (χ3n) is 4.07. The molecule has 2 aromatic carbocycles. The summed E-state index contributed by atoms with van der Waals surface area (Å²) >= 11 is 0. The first-order valence-corrected chi connectivity index (χ1v) is 8.62. The zero-order chi connectivity index (χ0) is 22.6. The zero-order valence-electron chi connectivity index (χ0n) is 15.5. The first-order chi connectivity index (χ1) is 14.7. The van der Waals surface area contributed by atoms with Crippen LogP contribution in [-0.2, 0) is 11.0 Å². The van der Waals surface area contributed by atoms with E-state index in [9.17, 15) is 33.3 Å². The Morgan fingerprint density at radius 3 is 2.55 bits per heavy atom. The van der Waals surface area contributed by atoms with Gasteiger partial charge in [0.1, 0.15) is 23.2 Å². The van der Waals surface area contributed by atoms with E-state index in [0.29, 0.717) is 5.56 Å². The van der Waals surface area contributed by atoms with Crippen molar-refractivity contribution in [3.05, 3.63) is 87.7 Å². The van der Waals surface area contributed by atoms with E-state index in [1.165, 1.54) is 36.4 Å². The summed E-state index contributed by atoms with van der Waals surface area (Å²) in [6, 6.07) is 14.3. The van der Waals surface area contributed by atoms with Gasteiger partial charge in [-0.1, -0.05) is 18.2 Å². The molecule has 7 nitrogen and oxygen atoms in total. The number of non-ortho nitro benzene ring substituents is 1. The second-order valence-electron chi connectivity index (χ2n) is 6.21. The van der Waals surface area contributed by atoms with Gasteiger partial charge in [0, 0.05) is 29.5 Å². The number of nitro benzene ring substituents is 1. The quantitative estimate of drug-likeness (QED) is 0.253. The van der Waals surface area contributed by atoms with Crippen LogP contribution in [0.15, 0.2) is 70.7 Å². The highest BCUT2D eigenvalue weighted by molar-refractivity contribution is 6.09. The number of nitriles is 1. The Morgan fingerprint density at radius 2 is 1.87 bits per heavy atom. The number of anilines is 1. The summed E-state index contributed by atoms with van der Waals surface area (Å²) < 4.78 is 43.9. The van der Waals surface area contributed by atoms with Gasteiger partial charge in [-0.25, -0.2) is 0 Å². The van der Waals surface area contributed by atoms with Crippen LogP contribution in [0.1, 0.15) is 11.3 Å². The number of rotatable bonds is 5. The minimum atomic E-state index is -4.58. The molecule has 0 bridgehead atoms. The van der Waals surface area contributed by atoms with Crippen LogP contribution >= 0.6 is 0 Å². The molecule has 0 radical (unpaired) electrons. The van der Waals surface area contributed by atoms with Crippen molar-refractivity contribution in [2.24, 2.45) is 0 Å². The van der Waals surface area contributed by atoms with Crippen LogP contribution < -0.4 is 5.32 Å². The normalized spacial score (nSPS) is 11.6. The van der Waals surface area contributed by atoms with Crippen molar-refractivity contribution in [2.75, 3.05) is 5.32 Å². The number of alkyl halides is 3. The van der Waals surface area contributed by atoms with Gasteiger partial charge in [-0.05, 0) is 30.3 Å². The number of hydrogen-bond donors (Lipinski definition) is 1. The molecule has 1 amide bonds. The molecule has 0 atom stereocenters. The van der Waals surface area contributed by atoms with Gasteiger partial charge in [-0.2, -0.15) is 18.4 Å². The predicted molar refractivity (Wildman–Crippen MR) is 104 cm³/mol. The second kappa shape index (κ2) is 8.54. The second-order valence-corrected chi connectivity index (χ2v) is 6.21. The lowest BCUT2D eigenvalue weighted by molar-refractivity contribution is -0.384. The van der Waals surface area contributed by atoms with E-state index in [1.807, 2.05) is 0 Å². The zero-order valence-corrected chi connectivity index (χ0v) is 15.5. The molecular formula is C21H12F3N3O4. The number of carbonyl (C=O) groups excluding carboxylic acids is 1. The molecule has 0 aliphatic heterocycles. The van der Waals surface area contributed by atoms with Crippen LogP contribution in [0.3, 0.4) is 0 Å². The molecule has 31 heavy (non-hydrogen) atoms. The Balaban J connectivity index is 1.81. The average Bonchev–Trinajstić information content (AvgIpc) is 3.20. The van der Waals surface area contributed by atoms with Gasteiger partial charge in [-0.15, -0.1) is 0 Å². The summed E-state index contributed by atoms with van der Waals surface area (Å²) in [6.07, 6.45) is -3.46. The van der Waals surface area contributed by atoms with E-state index in [2.05, 4.69) is 5.32 Å². The van der Waals surface area contributed by atoms with Crippen LogP contribution in [0, 0.1) is 21.4 Å². The molecule has 0 aliphatic carbocycles. The molecule has 0 saturated heterocycles. The fourth-order valence-electron chi connectivity index (χ4n) is 2.62. The molecular weight excluding hydrogens is 415 g/mol. The van der Waals surface area contributed by atoms with E-state index in [0.717, 1.165) is 24.3 Å². The molecule has 0 aliphatic rings. The van der Waals surface area contributed by atoms with Crippen molar-refractivity contribution in [1.82, 2.24) is 0 Å². The lowest BCUT2D eigenvalue weighted by Crippen LogP contribution is -2.14. The summed E-state index contributed by atoms with van der Waals surface area (Å²) in [6.45, 7) is 0. The van der Waals surface area contributed by atoms with Crippen molar-refractivity contribution in [3.8, 4) is 17.4 Å². The highest BCUT2D eigenvalue weighted by atomic mass is 19.4.